The van der Waals surface area contributed by atoms with Gasteiger partial charge in [0.05, 0.1) is 5.56 Å². The van der Waals surface area contributed by atoms with Gasteiger partial charge in [0.1, 0.15) is 17.3 Å². The third-order valence-electron chi connectivity index (χ3n) is 2.84. The number of thiazole rings is 1. The summed E-state index contributed by atoms with van der Waals surface area (Å²) < 4.78 is 19.0. The molecule has 6 heteroatoms. The second-order valence-electron chi connectivity index (χ2n) is 4.38. The van der Waals surface area contributed by atoms with Crippen molar-refractivity contribution in [1.82, 2.24) is 4.98 Å². The predicted molar refractivity (Wildman–Crippen MR) is 78.9 cm³/mol. The van der Waals surface area contributed by atoms with Crippen molar-refractivity contribution in [1.29, 1.82) is 0 Å². The minimum atomic E-state index is -0.562. The van der Waals surface area contributed by atoms with E-state index in [0.29, 0.717) is 16.6 Å². The summed E-state index contributed by atoms with van der Waals surface area (Å²) >= 11 is 1.26. The number of nitrogens with one attached hydrogen (secondary N) is 1. The number of carbonyl (C=O) groups excluding carboxylic acids is 1. The van der Waals surface area contributed by atoms with Gasteiger partial charge < -0.3 is 4.42 Å². The molecule has 0 saturated carbocycles. The maximum absolute atomic E-state index is 13.5. The highest BCUT2D eigenvalue weighted by molar-refractivity contribution is 7.14. The summed E-state index contributed by atoms with van der Waals surface area (Å²) in [5.74, 6) is 0.336. The molecule has 0 bridgehead atoms. The Bertz CT molecular complexity index is 794. The van der Waals surface area contributed by atoms with E-state index in [1.807, 2.05) is 19.1 Å². The van der Waals surface area contributed by atoms with E-state index in [4.69, 9.17) is 4.42 Å². The van der Waals surface area contributed by atoms with Gasteiger partial charge in [-0.3, -0.25) is 10.1 Å². The second-order valence-corrected chi connectivity index (χ2v) is 5.24. The number of amides is 1. The summed E-state index contributed by atoms with van der Waals surface area (Å²) in [6.45, 7) is 1.84. The van der Waals surface area contributed by atoms with E-state index in [-0.39, 0.29) is 5.56 Å². The van der Waals surface area contributed by atoms with Crippen molar-refractivity contribution >= 4 is 22.4 Å². The zero-order valence-electron chi connectivity index (χ0n) is 11.1. The molecule has 3 rings (SSSR count). The average molecular weight is 302 g/mol. The van der Waals surface area contributed by atoms with Crippen LogP contribution in [0.15, 0.2) is 46.2 Å². The zero-order chi connectivity index (χ0) is 14.8. The van der Waals surface area contributed by atoms with E-state index in [0.717, 1.165) is 5.76 Å². The molecule has 2 aromatic heterocycles. The molecular formula is C15H11FN2O2S. The van der Waals surface area contributed by atoms with Gasteiger partial charge in [0.2, 0.25) is 0 Å². The lowest BCUT2D eigenvalue weighted by Crippen LogP contribution is -2.13. The van der Waals surface area contributed by atoms with Crippen LogP contribution in [0.25, 0.3) is 11.5 Å². The van der Waals surface area contributed by atoms with Crippen molar-refractivity contribution in [3.05, 3.63) is 58.9 Å². The molecule has 0 radical (unpaired) electrons. The van der Waals surface area contributed by atoms with Crippen molar-refractivity contribution in [2.75, 3.05) is 5.32 Å². The topological polar surface area (TPSA) is 55.1 Å². The van der Waals surface area contributed by atoms with Crippen LogP contribution >= 0.6 is 11.3 Å². The summed E-state index contributed by atoms with van der Waals surface area (Å²) in [4.78, 5) is 16.2. The van der Waals surface area contributed by atoms with Crippen LogP contribution in [0.4, 0.5) is 9.52 Å². The quantitative estimate of drug-likeness (QED) is 0.792. The van der Waals surface area contributed by atoms with Crippen molar-refractivity contribution in [3.8, 4) is 11.5 Å². The van der Waals surface area contributed by atoms with Gasteiger partial charge in [-0.15, -0.1) is 11.3 Å². The maximum atomic E-state index is 13.5. The highest BCUT2D eigenvalue weighted by Crippen LogP contribution is 2.26. The molecule has 0 spiro atoms. The fourth-order valence-corrected chi connectivity index (χ4v) is 2.52. The fourth-order valence-electron chi connectivity index (χ4n) is 1.83. The fraction of sp³-hybridized carbons (Fsp3) is 0.0667. The molecule has 1 amide bonds. The van der Waals surface area contributed by atoms with Crippen LogP contribution in [0, 0.1) is 12.7 Å². The molecule has 106 valence electrons. The minimum absolute atomic E-state index is 0.0110. The molecule has 0 aliphatic rings. The summed E-state index contributed by atoms with van der Waals surface area (Å²) in [5.41, 5.74) is 0.625. The van der Waals surface area contributed by atoms with E-state index >= 15 is 0 Å². The molecule has 0 saturated heterocycles. The van der Waals surface area contributed by atoms with Crippen LogP contribution in [-0.2, 0) is 0 Å². The zero-order valence-corrected chi connectivity index (χ0v) is 11.9. The Balaban J connectivity index is 1.79. The largest absolute Gasteiger partial charge is 0.460 e. The SMILES string of the molecule is Cc1ccc(-c2csc(NC(=O)c3ccccc3F)n2)o1. The number of aromatic nitrogens is 1. The van der Waals surface area contributed by atoms with Crippen LogP contribution in [0.2, 0.25) is 0 Å². The number of benzene rings is 1. The first-order valence-corrected chi connectivity index (χ1v) is 7.09. The molecular weight excluding hydrogens is 291 g/mol. The van der Waals surface area contributed by atoms with Crippen molar-refractivity contribution in [2.45, 2.75) is 6.92 Å². The Morgan fingerprint density at radius 2 is 2.10 bits per heavy atom. The van der Waals surface area contributed by atoms with Gasteiger partial charge in [0.25, 0.3) is 5.91 Å². The average Bonchev–Trinajstić information content (AvgIpc) is 3.08. The van der Waals surface area contributed by atoms with Crippen LogP contribution in [0.5, 0.6) is 0 Å². The molecule has 0 aliphatic heterocycles. The number of rotatable bonds is 3. The van der Waals surface area contributed by atoms with Gasteiger partial charge in [0.15, 0.2) is 10.9 Å². The summed E-state index contributed by atoms with van der Waals surface area (Å²) in [6, 6.07) is 9.46. The molecule has 0 atom stereocenters. The van der Waals surface area contributed by atoms with Gasteiger partial charge >= 0.3 is 0 Å². The minimum Gasteiger partial charge on any atom is -0.460 e. The molecule has 0 aliphatic carbocycles. The Labute approximate surface area is 124 Å². The number of hydrogen-bond donors (Lipinski definition) is 1. The highest BCUT2D eigenvalue weighted by atomic mass is 32.1. The lowest BCUT2D eigenvalue weighted by Gasteiger charge is -2.02. The molecule has 0 fully saturated rings. The first-order chi connectivity index (χ1) is 10.1. The molecule has 1 N–H and O–H groups in total. The van der Waals surface area contributed by atoms with E-state index in [9.17, 15) is 9.18 Å². The van der Waals surface area contributed by atoms with Gasteiger partial charge in [-0.05, 0) is 31.2 Å². The third kappa shape index (κ3) is 2.85. The first-order valence-electron chi connectivity index (χ1n) is 6.22. The monoisotopic (exact) mass is 302 g/mol. The second kappa shape index (κ2) is 5.49. The Kier molecular flexibility index (Phi) is 3.53. The summed E-state index contributed by atoms with van der Waals surface area (Å²) in [7, 11) is 0. The maximum Gasteiger partial charge on any atom is 0.260 e. The Morgan fingerprint density at radius 3 is 2.81 bits per heavy atom. The number of halogens is 1. The van der Waals surface area contributed by atoms with E-state index in [1.165, 1.54) is 29.5 Å². The van der Waals surface area contributed by atoms with Crippen LogP contribution in [0.1, 0.15) is 16.1 Å². The Morgan fingerprint density at radius 1 is 1.29 bits per heavy atom. The molecule has 21 heavy (non-hydrogen) atoms. The highest BCUT2D eigenvalue weighted by Gasteiger charge is 2.14. The van der Waals surface area contributed by atoms with E-state index < -0.39 is 11.7 Å². The van der Waals surface area contributed by atoms with Gasteiger partial charge in [-0.2, -0.15) is 0 Å². The number of carbonyl (C=O) groups is 1. The summed E-state index contributed by atoms with van der Waals surface area (Å²) in [6.07, 6.45) is 0. The normalized spacial score (nSPS) is 10.6. The lowest BCUT2D eigenvalue weighted by molar-refractivity contribution is 0.102. The standard InChI is InChI=1S/C15H11FN2O2S/c1-9-6-7-13(20-9)12-8-21-15(17-12)18-14(19)10-4-2-3-5-11(10)16/h2-8H,1H3,(H,17,18,19). The van der Waals surface area contributed by atoms with Crippen LogP contribution < -0.4 is 5.32 Å². The molecule has 1 aromatic carbocycles. The van der Waals surface area contributed by atoms with Crippen LogP contribution in [-0.4, -0.2) is 10.9 Å². The lowest BCUT2D eigenvalue weighted by atomic mass is 10.2. The number of furan rings is 1. The summed E-state index contributed by atoms with van der Waals surface area (Å²) in [5, 5.41) is 4.75. The van der Waals surface area contributed by atoms with E-state index in [2.05, 4.69) is 10.3 Å². The molecule has 0 unspecified atom stereocenters. The molecule has 2 heterocycles. The van der Waals surface area contributed by atoms with Crippen molar-refractivity contribution in [2.24, 2.45) is 0 Å². The number of anilines is 1. The number of aryl methyl sites for hydroxylation is 1. The predicted octanol–water partition coefficient (Wildman–Crippen LogP) is 4.10. The smallest absolute Gasteiger partial charge is 0.260 e. The van der Waals surface area contributed by atoms with Crippen LogP contribution in [0.3, 0.4) is 0 Å². The van der Waals surface area contributed by atoms with E-state index in [1.54, 1.807) is 11.4 Å². The van der Waals surface area contributed by atoms with Crippen molar-refractivity contribution in [3.63, 3.8) is 0 Å². The Hall–Kier alpha value is -2.47. The molecule has 3 aromatic rings. The number of hydrogen-bond acceptors (Lipinski definition) is 4. The van der Waals surface area contributed by atoms with Gasteiger partial charge in [0, 0.05) is 5.38 Å². The first kappa shape index (κ1) is 13.5. The van der Waals surface area contributed by atoms with Crippen molar-refractivity contribution < 1.29 is 13.6 Å². The van der Waals surface area contributed by atoms with Gasteiger partial charge in [-0.25, -0.2) is 9.37 Å². The third-order valence-corrected chi connectivity index (χ3v) is 3.59. The number of nitrogens with zero attached hydrogens (tertiary/aromatic N) is 1. The molecule has 4 nitrogen and oxygen atoms in total. The van der Waals surface area contributed by atoms with Gasteiger partial charge in [-0.1, -0.05) is 12.1 Å².